The summed E-state index contributed by atoms with van der Waals surface area (Å²) in [6.07, 6.45) is 1.20. The van der Waals surface area contributed by atoms with Crippen molar-refractivity contribution in [3.63, 3.8) is 0 Å². The van der Waals surface area contributed by atoms with E-state index in [0.717, 1.165) is 17.7 Å². The fourth-order valence-corrected chi connectivity index (χ4v) is 5.97. The van der Waals surface area contributed by atoms with Gasteiger partial charge in [-0.3, -0.25) is 19.3 Å². The molecule has 3 aliphatic carbocycles. The van der Waals surface area contributed by atoms with E-state index in [2.05, 4.69) is 0 Å². The second-order valence-corrected chi connectivity index (χ2v) is 10.1. The first kappa shape index (κ1) is 25.7. The third kappa shape index (κ3) is 3.50. The Hall–Kier alpha value is -3.37. The number of aliphatic hydroxyl groups is 3. The van der Waals surface area contributed by atoms with Crippen molar-refractivity contribution in [3.8, 4) is 5.75 Å². The van der Waals surface area contributed by atoms with Crippen LogP contribution in [0.25, 0.3) is 5.76 Å². The number of rotatable bonds is 6. The summed E-state index contributed by atoms with van der Waals surface area (Å²) in [5.74, 6) is -5.49. The number of amides is 1. The van der Waals surface area contributed by atoms with Crippen LogP contribution in [-0.2, 0) is 20.8 Å². The Bertz CT molecular complexity index is 1220. The summed E-state index contributed by atoms with van der Waals surface area (Å²) in [7, 11) is 6.93. The van der Waals surface area contributed by atoms with Gasteiger partial charge in [0, 0.05) is 31.3 Å². The van der Waals surface area contributed by atoms with Gasteiger partial charge in [0.1, 0.15) is 22.8 Å². The number of carbonyl (C=O) groups excluding carboxylic acids is 3. The van der Waals surface area contributed by atoms with Gasteiger partial charge in [-0.05, 0) is 57.0 Å². The molecular weight excluding hydrogens is 466 g/mol. The lowest BCUT2D eigenvalue weighted by Gasteiger charge is -2.50. The van der Waals surface area contributed by atoms with E-state index in [1.54, 1.807) is 20.2 Å². The average Bonchev–Trinajstić information content (AvgIpc) is 2.79. The first-order valence-electron chi connectivity index (χ1n) is 12.0. The lowest BCUT2D eigenvalue weighted by molar-refractivity contribution is -0.153. The average molecular weight is 500 g/mol. The number of benzene rings is 1. The van der Waals surface area contributed by atoms with E-state index < -0.39 is 52.3 Å². The van der Waals surface area contributed by atoms with Crippen molar-refractivity contribution >= 4 is 28.9 Å². The van der Waals surface area contributed by atoms with Gasteiger partial charge in [0.25, 0.3) is 5.91 Å². The van der Waals surface area contributed by atoms with E-state index in [4.69, 9.17) is 10.5 Å². The van der Waals surface area contributed by atoms with Crippen LogP contribution in [0, 0.1) is 11.8 Å². The molecule has 1 aromatic carbocycles. The quantitative estimate of drug-likeness (QED) is 0.422. The number of primary amides is 1. The number of carbonyl (C=O) groups is 3. The highest BCUT2D eigenvalue weighted by Gasteiger charge is 2.64. The van der Waals surface area contributed by atoms with Crippen LogP contribution in [0.3, 0.4) is 0 Å². The Morgan fingerprint density at radius 1 is 1.19 bits per heavy atom. The normalized spacial score (nSPS) is 27.6. The molecule has 10 heteroatoms. The molecule has 4 unspecified atom stereocenters. The zero-order valence-electron chi connectivity index (χ0n) is 21.2. The smallest absolute Gasteiger partial charge is 0.255 e. The molecule has 0 aliphatic heterocycles. The molecule has 0 heterocycles. The number of hydrogen-bond acceptors (Lipinski definition) is 9. The number of nitrogens with two attached hydrogens (primary N) is 1. The van der Waals surface area contributed by atoms with Gasteiger partial charge in [0.2, 0.25) is 5.78 Å². The lowest BCUT2D eigenvalue weighted by Crippen LogP contribution is -2.65. The Kier molecular flexibility index (Phi) is 6.38. The van der Waals surface area contributed by atoms with Crippen molar-refractivity contribution in [2.75, 3.05) is 39.7 Å². The van der Waals surface area contributed by atoms with Gasteiger partial charge in [0.05, 0.1) is 18.2 Å². The predicted molar refractivity (Wildman–Crippen MR) is 133 cm³/mol. The van der Waals surface area contributed by atoms with E-state index >= 15 is 0 Å². The van der Waals surface area contributed by atoms with Crippen LogP contribution < -0.4 is 15.4 Å². The van der Waals surface area contributed by atoms with Gasteiger partial charge in [0.15, 0.2) is 11.4 Å². The molecule has 4 rings (SSSR count). The number of nitrogens with zero attached hydrogens (tertiary/aromatic N) is 2. The van der Waals surface area contributed by atoms with E-state index in [1.165, 1.54) is 4.90 Å². The van der Waals surface area contributed by atoms with Crippen molar-refractivity contribution in [2.24, 2.45) is 17.6 Å². The summed E-state index contributed by atoms with van der Waals surface area (Å²) in [6, 6.07) is 2.55. The van der Waals surface area contributed by atoms with Gasteiger partial charge < -0.3 is 30.7 Å². The maximum atomic E-state index is 13.9. The van der Waals surface area contributed by atoms with Crippen LogP contribution in [0.15, 0.2) is 29.0 Å². The van der Waals surface area contributed by atoms with Crippen molar-refractivity contribution < 1.29 is 34.4 Å². The van der Waals surface area contributed by atoms with Gasteiger partial charge >= 0.3 is 0 Å². The molecule has 1 amide bonds. The maximum absolute atomic E-state index is 13.9. The molecule has 0 radical (unpaired) electrons. The Labute approximate surface area is 209 Å². The van der Waals surface area contributed by atoms with Crippen LogP contribution in [0.5, 0.6) is 5.75 Å². The van der Waals surface area contributed by atoms with Crippen LogP contribution in [0.2, 0.25) is 0 Å². The highest BCUT2D eigenvalue weighted by molar-refractivity contribution is 6.24. The van der Waals surface area contributed by atoms with Crippen molar-refractivity contribution in [1.29, 1.82) is 0 Å². The highest BCUT2D eigenvalue weighted by Crippen LogP contribution is 2.53. The number of anilines is 1. The molecule has 0 spiro atoms. The molecule has 4 atom stereocenters. The van der Waals surface area contributed by atoms with Gasteiger partial charge in [-0.1, -0.05) is 6.92 Å². The Morgan fingerprint density at radius 2 is 1.86 bits per heavy atom. The van der Waals surface area contributed by atoms with Crippen molar-refractivity contribution in [1.82, 2.24) is 4.90 Å². The molecule has 1 fully saturated rings. The van der Waals surface area contributed by atoms with E-state index in [0.29, 0.717) is 24.3 Å². The molecule has 5 N–H and O–H groups in total. The number of Topliss-reactive ketones (excluding diaryl/α,β-unsaturated/α-hetero) is 2. The predicted octanol–water partition coefficient (Wildman–Crippen LogP) is 1.11. The summed E-state index contributed by atoms with van der Waals surface area (Å²) in [5, 5.41) is 34.1. The molecule has 3 aliphatic rings. The van der Waals surface area contributed by atoms with Crippen LogP contribution in [0.1, 0.15) is 30.9 Å². The summed E-state index contributed by atoms with van der Waals surface area (Å²) in [4.78, 5) is 42.6. The molecule has 0 saturated heterocycles. The number of fused-ring (bicyclic) bond motifs is 3. The second-order valence-electron chi connectivity index (χ2n) is 10.1. The minimum Gasteiger partial charge on any atom is -0.508 e. The Morgan fingerprint density at radius 3 is 2.42 bits per heavy atom. The molecule has 36 heavy (non-hydrogen) atoms. The third-order valence-corrected chi connectivity index (χ3v) is 7.51. The molecule has 10 nitrogen and oxygen atoms in total. The summed E-state index contributed by atoms with van der Waals surface area (Å²) < 4.78 is 5.88. The number of ether oxygens (including phenoxy) is 1. The second kappa shape index (κ2) is 8.94. The monoisotopic (exact) mass is 499 g/mol. The van der Waals surface area contributed by atoms with Gasteiger partial charge in [-0.25, -0.2) is 0 Å². The maximum Gasteiger partial charge on any atom is 0.255 e. The van der Waals surface area contributed by atoms with Crippen molar-refractivity contribution in [2.45, 2.75) is 37.8 Å². The zero-order chi connectivity index (χ0) is 26.7. The van der Waals surface area contributed by atoms with Crippen LogP contribution >= 0.6 is 0 Å². The number of hydrogen-bond donors (Lipinski definition) is 4. The fourth-order valence-electron chi connectivity index (χ4n) is 5.97. The lowest BCUT2D eigenvalue weighted by atomic mass is 9.57. The minimum atomic E-state index is -2.59. The molecule has 1 aromatic rings. The first-order valence-corrected chi connectivity index (χ1v) is 12.0. The van der Waals surface area contributed by atoms with E-state index in [1.807, 2.05) is 32.0 Å². The minimum absolute atomic E-state index is 0.0549. The molecule has 0 bridgehead atoms. The molecule has 194 valence electrons. The Balaban J connectivity index is 1.98. The molecule has 0 aromatic heterocycles. The van der Waals surface area contributed by atoms with Crippen LogP contribution in [-0.4, -0.2) is 84.1 Å². The standard InChI is InChI=1S/C26H33N3O7/c1-6-9-36-16-8-7-15(28(2)3)13-10-12-11-14-20(29(4)5)22(31)19(25(27)34)24(33)26(14,35)23(32)17(12)21(30)18(13)16/h7-8,12,14,20,30,33,35H,6,9-11H2,1-5H3,(H2,27,34). The van der Waals surface area contributed by atoms with Crippen molar-refractivity contribution in [3.05, 3.63) is 40.2 Å². The van der Waals surface area contributed by atoms with Gasteiger partial charge in [-0.2, -0.15) is 0 Å². The van der Waals surface area contributed by atoms with Gasteiger partial charge in [-0.15, -0.1) is 0 Å². The molecule has 1 saturated carbocycles. The number of ketones is 2. The number of aliphatic hydroxyl groups excluding tert-OH is 2. The van der Waals surface area contributed by atoms with Crippen LogP contribution in [0.4, 0.5) is 5.69 Å². The first-order chi connectivity index (χ1) is 16.9. The summed E-state index contributed by atoms with van der Waals surface area (Å²) in [5.41, 5.74) is 3.93. The summed E-state index contributed by atoms with van der Waals surface area (Å²) in [6.45, 7) is 2.35. The van der Waals surface area contributed by atoms with E-state index in [9.17, 15) is 29.7 Å². The zero-order valence-corrected chi connectivity index (χ0v) is 21.2. The largest absolute Gasteiger partial charge is 0.508 e. The number of likely N-dealkylation sites (N-methyl/N-ethyl adjacent to an activating group) is 1. The third-order valence-electron chi connectivity index (χ3n) is 7.51. The topological polar surface area (TPSA) is 154 Å². The molecular formula is C26H33N3O7. The fraction of sp³-hybridized carbons (Fsp3) is 0.500. The summed E-state index contributed by atoms with van der Waals surface area (Å²) >= 11 is 0. The SMILES string of the molecule is CCCOc1ccc(N(C)C)c2c1C(O)=C1C(=O)C3(O)C(O)=C(C(N)=O)C(=O)C(N(C)C)C3CC1C2. The highest BCUT2D eigenvalue weighted by atomic mass is 16.5. The van der Waals surface area contributed by atoms with E-state index in [-0.39, 0.29) is 17.8 Å².